The monoisotopic (exact) mass is 388 g/mol. The van der Waals surface area contributed by atoms with Gasteiger partial charge in [0.15, 0.2) is 5.13 Å². The fraction of sp³-hybridized carbons (Fsp3) is 0.130. The molecule has 3 aromatic carbocycles. The van der Waals surface area contributed by atoms with Crippen LogP contribution in [0, 0.1) is 0 Å². The molecule has 0 atom stereocenters. The number of benzene rings is 3. The first-order valence-electron chi connectivity index (χ1n) is 9.18. The molecular weight excluding hydrogens is 368 g/mol. The lowest BCUT2D eigenvalue weighted by Crippen LogP contribution is -2.14. The highest BCUT2D eigenvalue weighted by atomic mass is 32.1. The van der Waals surface area contributed by atoms with E-state index in [-0.39, 0.29) is 5.91 Å². The van der Waals surface area contributed by atoms with Gasteiger partial charge in [-0.3, -0.25) is 4.79 Å². The van der Waals surface area contributed by atoms with Crippen molar-refractivity contribution in [3.8, 4) is 17.0 Å². The van der Waals surface area contributed by atoms with Crippen LogP contribution in [0.25, 0.3) is 22.0 Å². The van der Waals surface area contributed by atoms with Gasteiger partial charge in [-0.1, -0.05) is 42.5 Å². The van der Waals surface area contributed by atoms with Crippen LogP contribution in [-0.2, 0) is 11.2 Å². The van der Waals surface area contributed by atoms with Crippen molar-refractivity contribution < 1.29 is 9.53 Å². The van der Waals surface area contributed by atoms with Crippen molar-refractivity contribution in [1.82, 2.24) is 4.98 Å². The van der Waals surface area contributed by atoms with Gasteiger partial charge in [-0.2, -0.15) is 0 Å². The smallest absolute Gasteiger partial charge is 0.230 e. The summed E-state index contributed by atoms with van der Waals surface area (Å²) in [6.45, 7) is 2.60. The summed E-state index contributed by atoms with van der Waals surface area (Å²) in [7, 11) is 0. The third-order valence-electron chi connectivity index (χ3n) is 4.44. The first kappa shape index (κ1) is 18.2. The lowest BCUT2D eigenvalue weighted by molar-refractivity contribution is -0.115. The molecule has 0 radical (unpaired) electrons. The number of amides is 1. The molecule has 4 nitrogen and oxygen atoms in total. The molecule has 4 rings (SSSR count). The van der Waals surface area contributed by atoms with Gasteiger partial charge >= 0.3 is 0 Å². The molecule has 0 saturated heterocycles. The lowest BCUT2D eigenvalue weighted by Gasteiger charge is -2.06. The van der Waals surface area contributed by atoms with Gasteiger partial charge in [0.1, 0.15) is 5.75 Å². The summed E-state index contributed by atoms with van der Waals surface area (Å²) < 4.78 is 5.47. The summed E-state index contributed by atoms with van der Waals surface area (Å²) in [5.41, 5.74) is 2.85. The predicted molar refractivity (Wildman–Crippen MR) is 115 cm³/mol. The summed E-state index contributed by atoms with van der Waals surface area (Å²) in [6, 6.07) is 21.9. The van der Waals surface area contributed by atoms with Crippen molar-refractivity contribution in [3.63, 3.8) is 0 Å². The van der Waals surface area contributed by atoms with E-state index in [9.17, 15) is 4.79 Å². The zero-order valence-corrected chi connectivity index (χ0v) is 16.3. The molecule has 0 bridgehead atoms. The third kappa shape index (κ3) is 4.05. The van der Waals surface area contributed by atoms with Gasteiger partial charge in [0, 0.05) is 10.9 Å². The number of rotatable bonds is 6. The summed E-state index contributed by atoms with van der Waals surface area (Å²) in [5, 5.41) is 7.72. The molecule has 0 aliphatic heterocycles. The number of hydrogen-bond donors (Lipinski definition) is 1. The molecule has 1 heterocycles. The fourth-order valence-corrected chi connectivity index (χ4v) is 3.87. The Morgan fingerprint density at radius 3 is 2.64 bits per heavy atom. The highest BCUT2D eigenvalue weighted by Gasteiger charge is 2.10. The Morgan fingerprint density at radius 1 is 1.04 bits per heavy atom. The molecule has 1 aromatic heterocycles. The van der Waals surface area contributed by atoms with E-state index in [4.69, 9.17) is 4.74 Å². The number of hydrogen-bond acceptors (Lipinski definition) is 4. The Bertz CT molecular complexity index is 1100. The minimum Gasteiger partial charge on any atom is -0.494 e. The molecule has 0 spiro atoms. The zero-order chi connectivity index (χ0) is 19.3. The van der Waals surface area contributed by atoms with E-state index in [1.807, 2.05) is 66.9 Å². The number of aromatic nitrogens is 1. The van der Waals surface area contributed by atoms with Crippen LogP contribution in [-0.4, -0.2) is 17.5 Å². The van der Waals surface area contributed by atoms with Gasteiger partial charge < -0.3 is 10.1 Å². The SMILES string of the molecule is CCOc1ccc(-c2csc(NC(=O)Cc3cccc4ccccc34)n2)cc1. The Labute approximate surface area is 167 Å². The van der Waals surface area contributed by atoms with Crippen molar-refractivity contribution in [2.24, 2.45) is 0 Å². The molecule has 0 saturated carbocycles. The van der Waals surface area contributed by atoms with E-state index in [0.29, 0.717) is 18.2 Å². The van der Waals surface area contributed by atoms with E-state index in [2.05, 4.69) is 22.4 Å². The Hall–Kier alpha value is -3.18. The average molecular weight is 388 g/mol. The third-order valence-corrected chi connectivity index (χ3v) is 5.20. The summed E-state index contributed by atoms with van der Waals surface area (Å²) >= 11 is 1.43. The second-order valence-electron chi connectivity index (χ2n) is 6.36. The van der Waals surface area contributed by atoms with Crippen molar-refractivity contribution in [1.29, 1.82) is 0 Å². The number of ether oxygens (including phenoxy) is 1. The Balaban J connectivity index is 1.45. The van der Waals surface area contributed by atoms with E-state index in [1.165, 1.54) is 11.3 Å². The number of anilines is 1. The molecule has 140 valence electrons. The molecule has 1 N–H and O–H groups in total. The molecular formula is C23H20N2O2S. The van der Waals surface area contributed by atoms with Crippen LogP contribution in [0.4, 0.5) is 5.13 Å². The predicted octanol–water partition coefficient (Wildman–Crippen LogP) is 5.54. The largest absolute Gasteiger partial charge is 0.494 e. The van der Waals surface area contributed by atoms with Crippen molar-refractivity contribution >= 4 is 33.1 Å². The van der Waals surface area contributed by atoms with E-state index < -0.39 is 0 Å². The molecule has 0 unspecified atom stereocenters. The van der Waals surface area contributed by atoms with Gasteiger partial charge in [0.05, 0.1) is 18.7 Å². The van der Waals surface area contributed by atoms with Gasteiger partial charge in [0.2, 0.25) is 5.91 Å². The molecule has 5 heteroatoms. The topological polar surface area (TPSA) is 51.2 Å². The number of nitrogens with zero attached hydrogens (tertiary/aromatic N) is 1. The maximum absolute atomic E-state index is 12.5. The molecule has 28 heavy (non-hydrogen) atoms. The highest BCUT2D eigenvalue weighted by molar-refractivity contribution is 7.14. The van der Waals surface area contributed by atoms with E-state index >= 15 is 0 Å². The number of fused-ring (bicyclic) bond motifs is 1. The van der Waals surface area contributed by atoms with Gasteiger partial charge in [0.25, 0.3) is 0 Å². The minimum absolute atomic E-state index is 0.0658. The number of carbonyl (C=O) groups excluding carboxylic acids is 1. The maximum Gasteiger partial charge on any atom is 0.230 e. The average Bonchev–Trinajstić information content (AvgIpc) is 3.17. The second-order valence-corrected chi connectivity index (χ2v) is 7.22. The summed E-state index contributed by atoms with van der Waals surface area (Å²) in [5.74, 6) is 0.772. The Morgan fingerprint density at radius 2 is 1.82 bits per heavy atom. The van der Waals surface area contributed by atoms with Crippen LogP contribution in [0.3, 0.4) is 0 Å². The molecule has 1 amide bonds. The second kappa shape index (κ2) is 8.23. The first-order chi connectivity index (χ1) is 13.7. The number of nitrogens with one attached hydrogen (secondary N) is 1. The number of carbonyl (C=O) groups is 1. The first-order valence-corrected chi connectivity index (χ1v) is 10.1. The summed E-state index contributed by atoms with van der Waals surface area (Å²) in [4.78, 5) is 17.1. The van der Waals surface area contributed by atoms with Crippen LogP contribution in [0.1, 0.15) is 12.5 Å². The van der Waals surface area contributed by atoms with Crippen molar-refractivity contribution in [2.75, 3.05) is 11.9 Å². The quantitative estimate of drug-likeness (QED) is 0.472. The van der Waals surface area contributed by atoms with Gasteiger partial charge in [-0.05, 0) is 47.5 Å². The normalized spacial score (nSPS) is 10.8. The van der Waals surface area contributed by atoms with Crippen LogP contribution in [0.15, 0.2) is 72.1 Å². The highest BCUT2D eigenvalue weighted by Crippen LogP contribution is 2.27. The fourth-order valence-electron chi connectivity index (χ4n) is 3.14. The van der Waals surface area contributed by atoms with Crippen molar-refractivity contribution in [3.05, 3.63) is 77.7 Å². The molecule has 4 aromatic rings. The van der Waals surface area contributed by atoms with Crippen molar-refractivity contribution in [2.45, 2.75) is 13.3 Å². The zero-order valence-electron chi connectivity index (χ0n) is 15.5. The maximum atomic E-state index is 12.5. The van der Waals surface area contributed by atoms with Gasteiger partial charge in [-0.25, -0.2) is 4.98 Å². The van der Waals surface area contributed by atoms with Crippen LogP contribution < -0.4 is 10.1 Å². The standard InChI is InChI=1S/C23H20N2O2S/c1-2-27-19-12-10-17(11-13-19)21-15-28-23(24-21)25-22(26)14-18-8-5-7-16-6-3-4-9-20(16)18/h3-13,15H,2,14H2,1H3,(H,24,25,26). The minimum atomic E-state index is -0.0658. The molecule has 0 aliphatic rings. The Kier molecular flexibility index (Phi) is 5.35. The van der Waals surface area contributed by atoms with E-state index in [1.54, 1.807) is 0 Å². The summed E-state index contributed by atoms with van der Waals surface area (Å²) in [6.07, 6.45) is 0.319. The molecule has 0 fully saturated rings. The molecule has 0 aliphatic carbocycles. The van der Waals surface area contributed by atoms with Gasteiger partial charge in [-0.15, -0.1) is 11.3 Å². The van der Waals surface area contributed by atoms with Crippen LogP contribution >= 0.6 is 11.3 Å². The van der Waals surface area contributed by atoms with Crippen LogP contribution in [0.5, 0.6) is 5.75 Å². The number of thiazole rings is 1. The van der Waals surface area contributed by atoms with E-state index in [0.717, 1.165) is 33.3 Å². The van der Waals surface area contributed by atoms with Crippen LogP contribution in [0.2, 0.25) is 0 Å². The lowest BCUT2D eigenvalue weighted by atomic mass is 10.0.